The maximum Gasteiger partial charge on any atom is 0.407 e. The van der Waals surface area contributed by atoms with Crippen LogP contribution in [0, 0.1) is 17.5 Å². The van der Waals surface area contributed by atoms with Crippen LogP contribution < -0.4 is 15.5 Å². The Balaban J connectivity index is 1.60. The topological polar surface area (TPSA) is 97.0 Å². The Hall–Kier alpha value is -3.76. The van der Waals surface area contributed by atoms with E-state index < -0.39 is 64.1 Å². The Bertz CT molecular complexity index is 1210. The zero-order valence-corrected chi connectivity index (χ0v) is 20.7. The first kappa shape index (κ1) is 26.3. The minimum absolute atomic E-state index is 0.00826. The molecule has 1 aliphatic carbocycles. The molecule has 0 radical (unpaired) electrons. The van der Waals surface area contributed by atoms with E-state index in [0.717, 1.165) is 0 Å². The van der Waals surface area contributed by atoms with E-state index in [1.54, 1.807) is 26.8 Å². The van der Waals surface area contributed by atoms with Gasteiger partial charge in [-0.05, 0) is 52.2 Å². The molecule has 0 bridgehead atoms. The summed E-state index contributed by atoms with van der Waals surface area (Å²) in [6.45, 7) is 5.22. The van der Waals surface area contributed by atoms with Gasteiger partial charge in [-0.2, -0.15) is 0 Å². The highest BCUT2D eigenvalue weighted by Gasteiger charge is 2.37. The number of amides is 1. The zero-order valence-electron chi connectivity index (χ0n) is 20.7. The third kappa shape index (κ3) is 6.15. The van der Waals surface area contributed by atoms with E-state index in [1.807, 2.05) is 0 Å². The minimum atomic E-state index is -1.63. The summed E-state index contributed by atoms with van der Waals surface area (Å²) in [5, 5.41) is 5.38. The fourth-order valence-electron chi connectivity index (χ4n) is 4.01. The van der Waals surface area contributed by atoms with Crippen molar-refractivity contribution in [3.8, 4) is 0 Å². The van der Waals surface area contributed by atoms with Crippen LogP contribution in [-0.2, 0) is 9.47 Å². The molecule has 1 saturated carbocycles. The molecule has 2 aromatic carbocycles. The van der Waals surface area contributed by atoms with Crippen molar-refractivity contribution in [1.29, 1.82) is 0 Å². The van der Waals surface area contributed by atoms with E-state index in [9.17, 15) is 14.4 Å². The van der Waals surface area contributed by atoms with Gasteiger partial charge in [-0.1, -0.05) is 18.2 Å². The van der Waals surface area contributed by atoms with E-state index in [0.29, 0.717) is 19.3 Å². The van der Waals surface area contributed by atoms with Crippen molar-refractivity contribution >= 4 is 29.4 Å². The molecule has 2 N–H and O–H groups in total. The van der Waals surface area contributed by atoms with Crippen LogP contribution in [0.3, 0.4) is 0 Å². The molecule has 198 valence electrons. The third-order valence-corrected chi connectivity index (χ3v) is 5.85. The summed E-state index contributed by atoms with van der Waals surface area (Å²) < 4.78 is 56.3. The molecule has 8 nitrogen and oxygen atoms in total. The van der Waals surface area contributed by atoms with Gasteiger partial charge in [0.15, 0.2) is 17.5 Å². The molecule has 4 rings (SSSR count). The van der Waals surface area contributed by atoms with Crippen LogP contribution in [-0.4, -0.2) is 48.8 Å². The highest BCUT2D eigenvalue weighted by molar-refractivity contribution is 6.06. The number of ether oxygens (including phenoxy) is 2. The van der Waals surface area contributed by atoms with Crippen LogP contribution >= 0.6 is 0 Å². The number of hydrogen-bond donors (Lipinski definition) is 2. The molecule has 2 aliphatic rings. The molecule has 2 fully saturated rings. The summed E-state index contributed by atoms with van der Waals surface area (Å²) in [4.78, 5) is 38.4. The van der Waals surface area contributed by atoms with Crippen molar-refractivity contribution in [2.45, 2.75) is 57.7 Å². The average Bonchev–Trinajstić information content (AvgIpc) is 3.53. The normalized spacial score (nSPS) is 17.4. The second kappa shape index (κ2) is 10.3. The Labute approximate surface area is 212 Å². The second-order valence-corrected chi connectivity index (χ2v) is 10.1. The zero-order chi connectivity index (χ0) is 26.9. The summed E-state index contributed by atoms with van der Waals surface area (Å²) in [5.74, 6) is -6.99. The lowest BCUT2D eigenvalue weighted by molar-refractivity contribution is 0.0392. The van der Waals surface area contributed by atoms with Crippen molar-refractivity contribution in [3.63, 3.8) is 0 Å². The predicted octanol–water partition coefficient (Wildman–Crippen LogP) is 4.78. The Kier molecular flexibility index (Phi) is 7.33. The Morgan fingerprint density at radius 3 is 2.22 bits per heavy atom. The smallest absolute Gasteiger partial charge is 0.407 e. The van der Waals surface area contributed by atoms with Crippen LogP contribution in [0.1, 0.15) is 60.7 Å². The lowest BCUT2D eigenvalue weighted by atomic mass is 10.1. The Morgan fingerprint density at radius 2 is 1.59 bits per heavy atom. The fourth-order valence-corrected chi connectivity index (χ4v) is 4.01. The summed E-state index contributed by atoms with van der Waals surface area (Å²) >= 11 is 0. The van der Waals surface area contributed by atoms with Gasteiger partial charge < -0.3 is 25.0 Å². The van der Waals surface area contributed by atoms with Gasteiger partial charge in [-0.3, -0.25) is 0 Å². The van der Waals surface area contributed by atoms with Gasteiger partial charge in [-0.15, -0.1) is 0 Å². The number of nitrogens with zero attached hydrogens (tertiary/aromatic N) is 1. The molecule has 0 unspecified atom stereocenters. The van der Waals surface area contributed by atoms with Crippen molar-refractivity contribution in [2.75, 3.05) is 23.3 Å². The van der Waals surface area contributed by atoms with E-state index in [-0.39, 0.29) is 24.7 Å². The SMILES string of the molecule is CC(C)(C)OC(=O)N[C@H]1CCN(c2c(F)c(F)c(C(=O)OC(=O)c3ccccc3)c(NC3CC3)c2F)C1. The van der Waals surface area contributed by atoms with E-state index in [2.05, 4.69) is 10.6 Å². The molecule has 2 aromatic rings. The van der Waals surface area contributed by atoms with E-state index >= 15 is 13.2 Å². The first-order valence-corrected chi connectivity index (χ1v) is 12.0. The minimum Gasteiger partial charge on any atom is -0.444 e. The molecule has 11 heteroatoms. The molecule has 37 heavy (non-hydrogen) atoms. The molecule has 1 saturated heterocycles. The van der Waals surface area contributed by atoms with Crippen molar-refractivity contribution in [2.24, 2.45) is 0 Å². The summed E-state index contributed by atoms with van der Waals surface area (Å²) in [6, 6.07) is 6.76. The lowest BCUT2D eigenvalue weighted by Crippen LogP contribution is -2.40. The van der Waals surface area contributed by atoms with Gasteiger partial charge in [0.05, 0.1) is 17.3 Å². The van der Waals surface area contributed by atoms with Gasteiger partial charge >= 0.3 is 18.0 Å². The second-order valence-electron chi connectivity index (χ2n) is 10.1. The first-order chi connectivity index (χ1) is 17.4. The molecule has 1 amide bonds. The number of alkyl carbamates (subject to hydrolysis) is 1. The van der Waals surface area contributed by atoms with Crippen molar-refractivity contribution < 1.29 is 37.0 Å². The number of hydrogen-bond acceptors (Lipinski definition) is 7. The molecule has 0 aromatic heterocycles. The number of halogens is 3. The van der Waals surface area contributed by atoms with Crippen LogP contribution in [0.5, 0.6) is 0 Å². The van der Waals surface area contributed by atoms with Crippen LogP contribution in [0.2, 0.25) is 0 Å². The monoisotopic (exact) mass is 519 g/mol. The van der Waals surface area contributed by atoms with Crippen LogP contribution in [0.25, 0.3) is 0 Å². The molecular weight excluding hydrogens is 491 g/mol. The van der Waals surface area contributed by atoms with Crippen LogP contribution in [0.4, 0.5) is 29.3 Å². The summed E-state index contributed by atoms with van der Waals surface area (Å²) in [5.41, 5.74) is -2.95. The molecule has 1 heterocycles. The largest absolute Gasteiger partial charge is 0.444 e. The number of rotatable bonds is 6. The fraction of sp³-hybridized carbons (Fsp3) is 0.423. The van der Waals surface area contributed by atoms with Gasteiger partial charge in [0, 0.05) is 19.1 Å². The highest BCUT2D eigenvalue weighted by atomic mass is 19.2. The number of nitrogens with one attached hydrogen (secondary N) is 2. The number of benzene rings is 2. The van der Waals surface area contributed by atoms with Gasteiger partial charge in [0.2, 0.25) is 0 Å². The first-order valence-electron chi connectivity index (χ1n) is 12.0. The molecule has 1 atom stereocenters. The van der Waals surface area contributed by atoms with Gasteiger partial charge in [0.25, 0.3) is 0 Å². The summed E-state index contributed by atoms with van der Waals surface area (Å²) in [7, 11) is 0. The van der Waals surface area contributed by atoms with Crippen LogP contribution in [0.15, 0.2) is 30.3 Å². The average molecular weight is 520 g/mol. The number of carbonyl (C=O) groups excluding carboxylic acids is 3. The maximum atomic E-state index is 15.7. The van der Waals surface area contributed by atoms with E-state index in [4.69, 9.17) is 9.47 Å². The lowest BCUT2D eigenvalue weighted by Gasteiger charge is -2.24. The number of anilines is 2. The highest BCUT2D eigenvalue weighted by Crippen LogP contribution is 2.39. The number of esters is 2. The number of carbonyl (C=O) groups is 3. The van der Waals surface area contributed by atoms with Crippen molar-refractivity contribution in [1.82, 2.24) is 5.32 Å². The van der Waals surface area contributed by atoms with E-state index in [1.165, 1.54) is 29.2 Å². The third-order valence-electron chi connectivity index (χ3n) is 5.85. The van der Waals surface area contributed by atoms with Gasteiger partial charge in [-0.25, -0.2) is 27.6 Å². The molecule has 0 spiro atoms. The molecular formula is C26H28F3N3O5. The standard InChI is InChI=1S/C26H28F3N3O5/c1-26(2,3)37-25(35)31-16-11-12-32(13-16)22-19(28)18(27)17(21(20(22)29)30-15-9-10-15)24(34)36-23(33)14-7-5-4-6-8-14/h4-8,15-16,30H,9-13H2,1-3H3,(H,31,35)/t16-/m0/s1. The Morgan fingerprint density at radius 1 is 0.919 bits per heavy atom. The van der Waals surface area contributed by atoms with Gasteiger partial charge in [0.1, 0.15) is 16.9 Å². The quantitative estimate of drug-likeness (QED) is 0.322. The van der Waals surface area contributed by atoms with Crippen molar-refractivity contribution in [3.05, 3.63) is 58.9 Å². The molecule has 1 aliphatic heterocycles. The predicted molar refractivity (Wildman–Crippen MR) is 129 cm³/mol. The summed E-state index contributed by atoms with van der Waals surface area (Å²) in [6.07, 6.45) is 0.956. The maximum absolute atomic E-state index is 15.7.